The molecule has 0 saturated heterocycles. The van der Waals surface area contributed by atoms with Crippen molar-refractivity contribution in [2.45, 2.75) is 39.8 Å². The van der Waals surface area contributed by atoms with Gasteiger partial charge in [0, 0.05) is 5.69 Å². The van der Waals surface area contributed by atoms with E-state index in [1.165, 1.54) is 0 Å². The van der Waals surface area contributed by atoms with Crippen molar-refractivity contribution in [3.63, 3.8) is 0 Å². The molecule has 1 atom stereocenters. The summed E-state index contributed by atoms with van der Waals surface area (Å²) in [5, 5.41) is 2.74. The average Bonchev–Trinajstić information content (AvgIpc) is 2.93. The van der Waals surface area contributed by atoms with Gasteiger partial charge in [-0.25, -0.2) is 4.79 Å². The number of carbonyl (C=O) groups is 4. The van der Waals surface area contributed by atoms with Gasteiger partial charge in [0.25, 0.3) is 11.8 Å². The van der Waals surface area contributed by atoms with Crippen LogP contribution in [0.3, 0.4) is 0 Å². The third kappa shape index (κ3) is 4.10. The zero-order valence-corrected chi connectivity index (χ0v) is 17.3. The molecule has 0 saturated carbocycles. The van der Waals surface area contributed by atoms with Crippen LogP contribution in [0.2, 0.25) is 0 Å². The molecule has 0 fully saturated rings. The number of benzene rings is 2. The van der Waals surface area contributed by atoms with Crippen LogP contribution in [0.15, 0.2) is 48.5 Å². The molecule has 0 bridgehead atoms. The molecule has 3 amide bonds. The number of rotatable bonds is 6. The minimum absolute atomic E-state index is 0.233. The van der Waals surface area contributed by atoms with Crippen LogP contribution >= 0.6 is 0 Å². The van der Waals surface area contributed by atoms with E-state index in [2.05, 4.69) is 5.32 Å². The van der Waals surface area contributed by atoms with Gasteiger partial charge >= 0.3 is 5.97 Å². The van der Waals surface area contributed by atoms with Crippen LogP contribution in [0.25, 0.3) is 0 Å². The van der Waals surface area contributed by atoms with Gasteiger partial charge < -0.3 is 10.1 Å². The lowest BCUT2D eigenvalue weighted by atomic mass is 10.0. The number of ether oxygens (including phenoxy) is 1. The summed E-state index contributed by atoms with van der Waals surface area (Å²) in [5.41, 5.74) is 1.41. The molecule has 7 nitrogen and oxygen atoms in total. The smallest absolute Gasteiger partial charge is 0.338 e. The molecule has 1 unspecified atom stereocenters. The number of amides is 3. The quantitative estimate of drug-likeness (QED) is 0.583. The third-order valence-electron chi connectivity index (χ3n) is 4.73. The minimum Gasteiger partial charge on any atom is -0.459 e. The fourth-order valence-electron chi connectivity index (χ4n) is 3.37. The Hall–Kier alpha value is -3.48. The van der Waals surface area contributed by atoms with Crippen LogP contribution in [0, 0.1) is 5.92 Å². The molecule has 0 aliphatic carbocycles. The van der Waals surface area contributed by atoms with Gasteiger partial charge in [-0.15, -0.1) is 0 Å². The number of anilines is 1. The first-order valence-corrected chi connectivity index (χ1v) is 9.79. The third-order valence-corrected chi connectivity index (χ3v) is 4.73. The lowest BCUT2D eigenvalue weighted by molar-refractivity contribution is -0.121. The average molecular weight is 408 g/mol. The summed E-state index contributed by atoms with van der Waals surface area (Å²) in [5.74, 6) is -2.18. The molecular formula is C23H24N2O5. The van der Waals surface area contributed by atoms with E-state index >= 15 is 0 Å². The van der Waals surface area contributed by atoms with E-state index in [0.29, 0.717) is 22.4 Å². The van der Waals surface area contributed by atoms with Gasteiger partial charge in [0.15, 0.2) is 0 Å². The maximum Gasteiger partial charge on any atom is 0.338 e. The molecule has 1 aliphatic heterocycles. The largest absolute Gasteiger partial charge is 0.459 e. The molecule has 2 aromatic rings. The van der Waals surface area contributed by atoms with E-state index < -0.39 is 29.7 Å². The first-order chi connectivity index (χ1) is 14.2. The molecule has 1 heterocycles. The molecule has 1 N–H and O–H groups in total. The van der Waals surface area contributed by atoms with E-state index in [1.54, 1.807) is 76.2 Å². The van der Waals surface area contributed by atoms with E-state index in [-0.39, 0.29) is 12.0 Å². The van der Waals surface area contributed by atoms with E-state index in [4.69, 9.17) is 4.74 Å². The van der Waals surface area contributed by atoms with Crippen LogP contribution in [0.1, 0.15) is 58.8 Å². The first kappa shape index (κ1) is 21.2. The van der Waals surface area contributed by atoms with Crippen molar-refractivity contribution in [1.29, 1.82) is 0 Å². The van der Waals surface area contributed by atoms with Gasteiger partial charge in [-0.1, -0.05) is 26.0 Å². The highest BCUT2D eigenvalue weighted by Crippen LogP contribution is 2.27. The molecule has 156 valence electrons. The van der Waals surface area contributed by atoms with Gasteiger partial charge in [0.2, 0.25) is 5.91 Å². The highest BCUT2D eigenvalue weighted by Gasteiger charge is 2.43. The van der Waals surface area contributed by atoms with Crippen molar-refractivity contribution in [3.8, 4) is 0 Å². The highest BCUT2D eigenvalue weighted by molar-refractivity contribution is 6.23. The van der Waals surface area contributed by atoms with Crippen LogP contribution in [0.4, 0.5) is 5.69 Å². The summed E-state index contributed by atoms with van der Waals surface area (Å²) in [6.45, 7) is 7.08. The molecule has 30 heavy (non-hydrogen) atoms. The Morgan fingerprint density at radius 1 is 0.867 bits per heavy atom. The predicted molar refractivity (Wildman–Crippen MR) is 111 cm³/mol. The molecule has 0 radical (unpaired) electrons. The molecule has 7 heteroatoms. The number of hydrogen-bond donors (Lipinski definition) is 1. The Morgan fingerprint density at radius 3 is 1.87 bits per heavy atom. The monoisotopic (exact) mass is 408 g/mol. The van der Waals surface area contributed by atoms with E-state index in [9.17, 15) is 19.2 Å². The Morgan fingerprint density at radius 2 is 1.40 bits per heavy atom. The number of hydrogen-bond acceptors (Lipinski definition) is 5. The van der Waals surface area contributed by atoms with Gasteiger partial charge in [-0.2, -0.15) is 0 Å². The number of nitrogens with one attached hydrogen (secondary N) is 1. The lowest BCUT2D eigenvalue weighted by Gasteiger charge is -2.28. The fraction of sp³-hybridized carbons (Fsp3) is 0.304. The number of nitrogens with zero attached hydrogens (tertiary/aromatic N) is 1. The molecule has 1 aliphatic rings. The molecule has 0 aromatic heterocycles. The normalized spacial score (nSPS) is 14.1. The Kier molecular flexibility index (Phi) is 6.01. The van der Waals surface area contributed by atoms with Gasteiger partial charge in [0.05, 0.1) is 22.8 Å². The van der Waals surface area contributed by atoms with Crippen molar-refractivity contribution in [2.75, 3.05) is 5.32 Å². The first-order valence-electron chi connectivity index (χ1n) is 9.79. The highest BCUT2D eigenvalue weighted by atomic mass is 16.5. The van der Waals surface area contributed by atoms with Crippen LogP contribution < -0.4 is 5.32 Å². The molecule has 2 aromatic carbocycles. The van der Waals surface area contributed by atoms with Crippen LogP contribution in [0.5, 0.6) is 0 Å². The number of fused-ring (bicyclic) bond motifs is 1. The van der Waals surface area contributed by atoms with Crippen molar-refractivity contribution >= 4 is 29.4 Å². The fourth-order valence-corrected chi connectivity index (χ4v) is 3.37. The standard InChI is InChI=1S/C23H24N2O5/c1-13(2)19(25-21(27)17-7-5-6-8-18(17)22(25)28)20(26)24-16-11-9-15(10-12-16)23(29)30-14(3)4/h5-14,19H,1-4H3,(H,24,26). The van der Waals surface area contributed by atoms with Gasteiger partial charge in [-0.3, -0.25) is 19.3 Å². The zero-order chi connectivity index (χ0) is 22.0. The Balaban J connectivity index is 1.78. The molecule has 0 spiro atoms. The second-order valence-corrected chi connectivity index (χ2v) is 7.74. The van der Waals surface area contributed by atoms with Crippen LogP contribution in [-0.4, -0.2) is 40.7 Å². The summed E-state index contributed by atoms with van der Waals surface area (Å²) >= 11 is 0. The number of esters is 1. The summed E-state index contributed by atoms with van der Waals surface area (Å²) in [4.78, 5) is 51.6. The molecule has 3 rings (SSSR count). The number of imide groups is 1. The van der Waals surface area contributed by atoms with Gasteiger partial charge in [-0.05, 0) is 56.2 Å². The summed E-state index contributed by atoms with van der Waals surface area (Å²) in [6, 6.07) is 11.8. The van der Waals surface area contributed by atoms with Gasteiger partial charge in [0.1, 0.15) is 6.04 Å². The lowest BCUT2D eigenvalue weighted by Crippen LogP contribution is -2.50. The van der Waals surface area contributed by atoms with Crippen molar-refractivity contribution < 1.29 is 23.9 Å². The second kappa shape index (κ2) is 8.49. The number of carbonyl (C=O) groups excluding carboxylic acids is 4. The van der Waals surface area contributed by atoms with Crippen LogP contribution in [-0.2, 0) is 9.53 Å². The Labute approximate surface area is 175 Å². The Bertz CT molecular complexity index is 960. The minimum atomic E-state index is -0.969. The van der Waals surface area contributed by atoms with E-state index in [1.807, 2.05) is 0 Å². The maximum atomic E-state index is 13.0. The zero-order valence-electron chi connectivity index (χ0n) is 17.3. The predicted octanol–water partition coefficient (Wildman–Crippen LogP) is 3.51. The maximum absolute atomic E-state index is 13.0. The summed E-state index contributed by atoms with van der Waals surface area (Å²) < 4.78 is 5.14. The second-order valence-electron chi connectivity index (χ2n) is 7.74. The molecular weight excluding hydrogens is 384 g/mol. The SMILES string of the molecule is CC(C)OC(=O)c1ccc(NC(=O)C(C(C)C)N2C(=O)c3ccccc3C2=O)cc1. The van der Waals surface area contributed by atoms with E-state index in [0.717, 1.165) is 4.90 Å². The summed E-state index contributed by atoms with van der Waals surface area (Å²) in [6.07, 6.45) is -0.233. The van der Waals surface area contributed by atoms with Crippen molar-refractivity contribution in [3.05, 3.63) is 65.2 Å². The van der Waals surface area contributed by atoms with Crippen molar-refractivity contribution in [2.24, 2.45) is 5.92 Å². The summed E-state index contributed by atoms with van der Waals surface area (Å²) in [7, 11) is 0. The topological polar surface area (TPSA) is 92.8 Å². The van der Waals surface area contributed by atoms with Crippen molar-refractivity contribution in [1.82, 2.24) is 4.90 Å².